The Labute approximate surface area is 107 Å². The number of imidazole rings is 1. The van der Waals surface area contributed by atoms with E-state index in [1.54, 1.807) is 18.2 Å². The summed E-state index contributed by atoms with van der Waals surface area (Å²) >= 11 is 0. The zero-order valence-electron chi connectivity index (χ0n) is 10.5. The summed E-state index contributed by atoms with van der Waals surface area (Å²) in [6, 6.07) is 5.06. The van der Waals surface area contributed by atoms with E-state index in [0.717, 1.165) is 11.3 Å². The normalized spacial score (nSPS) is 12.2. The Morgan fingerprint density at radius 3 is 2.78 bits per heavy atom. The van der Waals surface area contributed by atoms with Crippen LogP contribution in [0.25, 0.3) is 11.0 Å². The Morgan fingerprint density at radius 2 is 2.11 bits per heavy atom. The molecule has 0 radical (unpaired) electrons. The SMILES string of the molecule is Cc1nc2cc(S(=O)(=O)CCCN)ccc2n1C. The highest BCUT2D eigenvalue weighted by Gasteiger charge is 2.15. The molecule has 1 aromatic carbocycles. The summed E-state index contributed by atoms with van der Waals surface area (Å²) in [6.07, 6.45) is 0.474. The van der Waals surface area contributed by atoms with Gasteiger partial charge in [-0.05, 0) is 38.1 Å². The number of aromatic nitrogens is 2. The maximum Gasteiger partial charge on any atom is 0.178 e. The summed E-state index contributed by atoms with van der Waals surface area (Å²) < 4.78 is 26.0. The Hall–Kier alpha value is -1.40. The molecule has 0 saturated carbocycles. The van der Waals surface area contributed by atoms with E-state index < -0.39 is 9.84 Å². The van der Waals surface area contributed by atoms with Crippen LogP contribution in [0.1, 0.15) is 12.2 Å². The number of benzene rings is 1. The highest BCUT2D eigenvalue weighted by atomic mass is 32.2. The molecule has 2 N–H and O–H groups in total. The Morgan fingerprint density at radius 1 is 1.39 bits per heavy atom. The molecule has 98 valence electrons. The number of hydrogen-bond donors (Lipinski definition) is 1. The average molecular weight is 267 g/mol. The third kappa shape index (κ3) is 2.26. The van der Waals surface area contributed by atoms with Crippen LogP contribution in [0, 0.1) is 6.92 Å². The molecule has 1 heterocycles. The van der Waals surface area contributed by atoms with Crippen molar-refractivity contribution in [3.63, 3.8) is 0 Å². The van der Waals surface area contributed by atoms with Crippen molar-refractivity contribution in [2.24, 2.45) is 12.8 Å². The molecule has 0 aliphatic carbocycles. The second kappa shape index (κ2) is 4.70. The fraction of sp³-hybridized carbons (Fsp3) is 0.417. The van der Waals surface area contributed by atoms with Gasteiger partial charge in [0.25, 0.3) is 0 Å². The largest absolute Gasteiger partial charge is 0.331 e. The molecule has 1 aromatic heterocycles. The standard InChI is InChI=1S/C12H17N3O2S/c1-9-14-11-8-10(4-5-12(11)15(9)2)18(16,17)7-3-6-13/h4-5,8H,3,6-7,13H2,1-2H3. The van der Waals surface area contributed by atoms with Gasteiger partial charge >= 0.3 is 0 Å². The molecule has 0 aliphatic heterocycles. The minimum Gasteiger partial charge on any atom is -0.331 e. The van der Waals surface area contributed by atoms with E-state index in [0.29, 0.717) is 23.4 Å². The highest BCUT2D eigenvalue weighted by molar-refractivity contribution is 7.91. The van der Waals surface area contributed by atoms with Crippen LogP contribution >= 0.6 is 0 Å². The van der Waals surface area contributed by atoms with E-state index in [1.165, 1.54) is 0 Å². The number of nitrogens with two attached hydrogens (primary N) is 1. The van der Waals surface area contributed by atoms with Gasteiger partial charge < -0.3 is 10.3 Å². The van der Waals surface area contributed by atoms with Crippen LogP contribution in [0.3, 0.4) is 0 Å². The lowest BCUT2D eigenvalue weighted by Gasteiger charge is -2.03. The van der Waals surface area contributed by atoms with E-state index in [2.05, 4.69) is 4.98 Å². The van der Waals surface area contributed by atoms with Crippen LogP contribution in [0.5, 0.6) is 0 Å². The van der Waals surface area contributed by atoms with Crippen molar-refractivity contribution < 1.29 is 8.42 Å². The predicted molar refractivity (Wildman–Crippen MR) is 71.2 cm³/mol. The first kappa shape index (κ1) is 13.0. The summed E-state index contributed by atoms with van der Waals surface area (Å²) in [4.78, 5) is 4.66. The maximum atomic E-state index is 12.0. The lowest BCUT2D eigenvalue weighted by atomic mass is 10.3. The number of aryl methyl sites for hydroxylation is 2. The number of nitrogens with zero attached hydrogens (tertiary/aromatic N) is 2. The number of rotatable bonds is 4. The van der Waals surface area contributed by atoms with Crippen molar-refractivity contribution in [2.75, 3.05) is 12.3 Å². The second-order valence-electron chi connectivity index (χ2n) is 4.33. The first-order valence-electron chi connectivity index (χ1n) is 5.81. The minimum absolute atomic E-state index is 0.0841. The fourth-order valence-corrected chi connectivity index (χ4v) is 3.23. The van der Waals surface area contributed by atoms with Crippen molar-refractivity contribution in [3.8, 4) is 0 Å². The van der Waals surface area contributed by atoms with Gasteiger partial charge in [-0.1, -0.05) is 0 Å². The van der Waals surface area contributed by atoms with Crippen LogP contribution in [-0.4, -0.2) is 30.3 Å². The molecule has 6 heteroatoms. The van der Waals surface area contributed by atoms with E-state index in [-0.39, 0.29) is 5.75 Å². The van der Waals surface area contributed by atoms with E-state index >= 15 is 0 Å². The highest BCUT2D eigenvalue weighted by Crippen LogP contribution is 2.20. The number of fused-ring (bicyclic) bond motifs is 1. The quantitative estimate of drug-likeness (QED) is 0.896. The molecule has 2 aromatic rings. The third-order valence-electron chi connectivity index (χ3n) is 3.05. The van der Waals surface area contributed by atoms with E-state index in [4.69, 9.17) is 5.73 Å². The maximum absolute atomic E-state index is 12.0. The van der Waals surface area contributed by atoms with Gasteiger partial charge in [0.15, 0.2) is 9.84 Å². The molecule has 0 amide bonds. The summed E-state index contributed by atoms with van der Waals surface area (Å²) in [6.45, 7) is 2.27. The Kier molecular flexibility index (Phi) is 3.41. The molecule has 0 spiro atoms. The van der Waals surface area contributed by atoms with Gasteiger partial charge in [-0.2, -0.15) is 0 Å². The topological polar surface area (TPSA) is 78.0 Å². The first-order chi connectivity index (χ1) is 8.45. The Balaban J connectivity index is 2.47. The minimum atomic E-state index is -3.25. The molecule has 5 nitrogen and oxygen atoms in total. The lowest BCUT2D eigenvalue weighted by Crippen LogP contribution is -2.11. The summed E-state index contributed by atoms with van der Waals surface area (Å²) in [5.74, 6) is 0.947. The van der Waals surface area contributed by atoms with Gasteiger partial charge in [0, 0.05) is 7.05 Å². The van der Waals surface area contributed by atoms with Crippen molar-refractivity contribution >= 4 is 20.9 Å². The number of sulfone groups is 1. The van der Waals surface area contributed by atoms with Crippen molar-refractivity contribution in [1.29, 1.82) is 0 Å². The van der Waals surface area contributed by atoms with Crippen molar-refractivity contribution in [3.05, 3.63) is 24.0 Å². The van der Waals surface area contributed by atoms with Gasteiger partial charge in [-0.3, -0.25) is 0 Å². The molecule has 0 atom stereocenters. The first-order valence-corrected chi connectivity index (χ1v) is 7.47. The average Bonchev–Trinajstić information content (AvgIpc) is 2.62. The molecule has 18 heavy (non-hydrogen) atoms. The zero-order chi connectivity index (χ0) is 13.3. The zero-order valence-corrected chi connectivity index (χ0v) is 11.4. The van der Waals surface area contributed by atoms with Gasteiger partial charge in [0.1, 0.15) is 5.82 Å². The second-order valence-corrected chi connectivity index (χ2v) is 6.44. The van der Waals surface area contributed by atoms with Crippen LogP contribution in [0.2, 0.25) is 0 Å². The van der Waals surface area contributed by atoms with Crippen LogP contribution < -0.4 is 5.73 Å². The predicted octanol–water partition coefficient (Wildman–Crippen LogP) is 1.00. The van der Waals surface area contributed by atoms with Crippen LogP contribution in [0.4, 0.5) is 0 Å². The molecule has 0 unspecified atom stereocenters. The lowest BCUT2D eigenvalue weighted by molar-refractivity contribution is 0.593. The summed E-state index contributed by atoms with van der Waals surface area (Å²) in [7, 11) is -1.34. The fourth-order valence-electron chi connectivity index (χ4n) is 1.88. The van der Waals surface area contributed by atoms with Gasteiger partial charge in [-0.15, -0.1) is 0 Å². The third-order valence-corrected chi connectivity index (χ3v) is 4.85. The Bertz CT molecular complexity index is 674. The molecule has 0 fully saturated rings. The van der Waals surface area contributed by atoms with Crippen molar-refractivity contribution in [1.82, 2.24) is 9.55 Å². The molecule has 0 saturated heterocycles. The van der Waals surface area contributed by atoms with Crippen molar-refractivity contribution in [2.45, 2.75) is 18.2 Å². The summed E-state index contributed by atoms with van der Waals surface area (Å²) in [5, 5.41) is 0. The smallest absolute Gasteiger partial charge is 0.178 e. The van der Waals surface area contributed by atoms with Gasteiger partial charge in [0.05, 0.1) is 21.7 Å². The van der Waals surface area contributed by atoms with E-state index in [9.17, 15) is 8.42 Å². The van der Waals surface area contributed by atoms with Gasteiger partial charge in [0.2, 0.25) is 0 Å². The molecule has 2 rings (SSSR count). The van der Waals surface area contributed by atoms with Crippen LogP contribution in [0.15, 0.2) is 23.1 Å². The van der Waals surface area contributed by atoms with Crippen LogP contribution in [-0.2, 0) is 16.9 Å². The molecular formula is C12H17N3O2S. The summed E-state index contributed by atoms with van der Waals surface area (Å²) in [5.41, 5.74) is 6.99. The monoisotopic (exact) mass is 267 g/mol. The van der Waals surface area contributed by atoms with Gasteiger partial charge in [-0.25, -0.2) is 13.4 Å². The van der Waals surface area contributed by atoms with E-state index in [1.807, 2.05) is 18.5 Å². The molecule has 0 aliphatic rings. The molecular weight excluding hydrogens is 250 g/mol. The molecule has 0 bridgehead atoms. The number of hydrogen-bond acceptors (Lipinski definition) is 4.